The van der Waals surface area contributed by atoms with Gasteiger partial charge in [-0.2, -0.15) is 0 Å². The minimum absolute atomic E-state index is 0.0323. The Kier molecular flexibility index (Phi) is 7.33. The van der Waals surface area contributed by atoms with Gasteiger partial charge in [-0.15, -0.1) is 0 Å². The quantitative estimate of drug-likeness (QED) is 0.275. The fourth-order valence-electron chi connectivity index (χ4n) is 7.93. The van der Waals surface area contributed by atoms with Crippen LogP contribution >= 0.6 is 0 Å². The molecule has 0 saturated carbocycles. The van der Waals surface area contributed by atoms with Crippen LogP contribution in [-0.2, 0) is 27.3 Å². The first-order valence-electron chi connectivity index (χ1n) is 16.5. The summed E-state index contributed by atoms with van der Waals surface area (Å²) in [5, 5.41) is 11.1. The molecule has 8 atom stereocenters. The molecule has 4 aromatic rings. The van der Waals surface area contributed by atoms with Gasteiger partial charge in [-0.05, 0) is 39.6 Å². The van der Waals surface area contributed by atoms with Gasteiger partial charge in [0.2, 0.25) is 0 Å². The van der Waals surface area contributed by atoms with Crippen LogP contribution in [0.2, 0.25) is 0 Å². The van der Waals surface area contributed by atoms with Crippen LogP contribution in [0.3, 0.4) is 0 Å². The summed E-state index contributed by atoms with van der Waals surface area (Å²) in [4.78, 5) is 5.18. The Labute approximate surface area is 270 Å². The van der Waals surface area contributed by atoms with E-state index >= 15 is 0 Å². The van der Waals surface area contributed by atoms with Crippen LogP contribution in [0.25, 0.3) is 10.8 Å². The number of nitrogens with one attached hydrogen (secondary N) is 1. The number of methoxy groups -OCH3 is 1. The van der Waals surface area contributed by atoms with Crippen molar-refractivity contribution in [1.82, 2.24) is 25.1 Å². The Morgan fingerprint density at radius 2 is 1.67 bits per heavy atom. The van der Waals surface area contributed by atoms with Crippen molar-refractivity contribution in [3.8, 4) is 5.75 Å². The van der Waals surface area contributed by atoms with Gasteiger partial charge in [-0.1, -0.05) is 84.9 Å². The van der Waals surface area contributed by atoms with E-state index in [1.807, 2.05) is 12.1 Å². The van der Waals surface area contributed by atoms with Crippen molar-refractivity contribution < 1.29 is 18.9 Å². The number of fused-ring (bicyclic) bond motifs is 5. The Balaban J connectivity index is 1.00. The molecule has 238 valence electrons. The molecular weight excluding hydrogens is 578 g/mol. The molecule has 9 rings (SSSR count). The van der Waals surface area contributed by atoms with Crippen molar-refractivity contribution >= 4 is 10.8 Å². The summed E-state index contributed by atoms with van der Waals surface area (Å²) in [6, 6.07) is 34.5. The van der Waals surface area contributed by atoms with Gasteiger partial charge in [0, 0.05) is 39.1 Å². The average molecular weight is 620 g/mol. The summed E-state index contributed by atoms with van der Waals surface area (Å²) >= 11 is 0. The van der Waals surface area contributed by atoms with E-state index in [-0.39, 0.29) is 43.2 Å². The van der Waals surface area contributed by atoms with Gasteiger partial charge in [-0.25, -0.2) is 14.9 Å². The van der Waals surface area contributed by atoms with Crippen molar-refractivity contribution in [1.29, 1.82) is 0 Å². The third kappa shape index (κ3) is 5.12. The number of ether oxygens (including phenoxy) is 4. The number of hydrogen-bond acceptors (Lipinski definition) is 9. The van der Waals surface area contributed by atoms with Gasteiger partial charge in [0.15, 0.2) is 12.5 Å². The van der Waals surface area contributed by atoms with Crippen molar-refractivity contribution in [2.45, 2.75) is 56.3 Å². The summed E-state index contributed by atoms with van der Waals surface area (Å²) in [7, 11) is 3.88. The molecule has 5 aliphatic heterocycles. The Morgan fingerprint density at radius 1 is 0.870 bits per heavy atom. The molecule has 9 nitrogen and oxygen atoms in total. The Hall–Kier alpha value is -3.38. The minimum Gasteiger partial charge on any atom is -0.497 e. The molecule has 5 saturated heterocycles. The molecule has 6 unspecified atom stereocenters. The average Bonchev–Trinajstić information content (AvgIpc) is 4.01. The lowest BCUT2D eigenvalue weighted by molar-refractivity contribution is -0.305. The molecule has 4 aromatic carbocycles. The van der Waals surface area contributed by atoms with Crippen LogP contribution in [0.15, 0.2) is 97.1 Å². The predicted octanol–water partition coefficient (Wildman–Crippen LogP) is 4.37. The zero-order valence-corrected chi connectivity index (χ0v) is 26.3. The zero-order valence-electron chi connectivity index (χ0n) is 26.3. The first-order chi connectivity index (χ1) is 22.7. The Bertz CT molecular complexity index is 1690. The van der Waals surface area contributed by atoms with Crippen LogP contribution < -0.4 is 10.1 Å². The summed E-state index contributed by atoms with van der Waals surface area (Å²) in [6.07, 6.45) is 0.231. The van der Waals surface area contributed by atoms with Crippen molar-refractivity contribution in [2.24, 2.45) is 5.92 Å². The van der Waals surface area contributed by atoms with E-state index in [1.54, 1.807) is 7.11 Å². The molecule has 0 spiro atoms. The lowest BCUT2D eigenvalue weighted by atomic mass is 9.93. The lowest BCUT2D eigenvalue weighted by Gasteiger charge is -2.59. The summed E-state index contributed by atoms with van der Waals surface area (Å²) < 4.78 is 24.5. The van der Waals surface area contributed by atoms with Crippen molar-refractivity contribution in [3.05, 3.63) is 114 Å². The third-order valence-electron chi connectivity index (χ3n) is 10.5. The number of benzene rings is 4. The van der Waals surface area contributed by atoms with Gasteiger partial charge in [0.25, 0.3) is 0 Å². The molecule has 5 aliphatic rings. The first-order valence-corrected chi connectivity index (χ1v) is 16.5. The van der Waals surface area contributed by atoms with E-state index in [1.165, 1.54) is 27.5 Å². The van der Waals surface area contributed by atoms with E-state index in [0.29, 0.717) is 5.92 Å². The SMILES string of the molecule is COc1ccc(CNC2OC2N(C)N2CC3COC3N3[C@@H](c4ccccc4)C4OC4N(Cc4cccc5ccccc45)C[C@@H]32)cc1. The highest BCUT2D eigenvalue weighted by Crippen LogP contribution is 2.50. The molecule has 0 aromatic heterocycles. The second-order valence-electron chi connectivity index (χ2n) is 13.2. The zero-order chi connectivity index (χ0) is 30.8. The molecule has 0 amide bonds. The molecule has 1 N–H and O–H groups in total. The summed E-state index contributed by atoms with van der Waals surface area (Å²) in [5.41, 5.74) is 3.82. The van der Waals surface area contributed by atoms with Crippen LogP contribution in [-0.4, -0.2) is 90.9 Å². The molecule has 0 bridgehead atoms. The van der Waals surface area contributed by atoms with E-state index < -0.39 is 0 Å². The fraction of sp³-hybridized carbons (Fsp3) is 0.405. The summed E-state index contributed by atoms with van der Waals surface area (Å²) in [6.45, 7) is 4.11. The van der Waals surface area contributed by atoms with Gasteiger partial charge < -0.3 is 18.9 Å². The highest BCUT2D eigenvalue weighted by atomic mass is 16.6. The number of hydrogen-bond donors (Lipinski definition) is 1. The van der Waals surface area contributed by atoms with Crippen LogP contribution in [0.5, 0.6) is 5.75 Å². The maximum atomic E-state index is 6.59. The molecule has 0 aliphatic carbocycles. The number of rotatable bonds is 9. The standard InChI is InChI=1S/C37H41N5O4/c1-39(37-34(46-37)38-19-24-15-17-29(43-2)18-16-24)41-21-28-23-44-35(28)42-31(41)22-40(20-27-13-8-12-25-9-6-7-14-30(25)27)36-33(45-36)32(42)26-10-4-3-5-11-26/h3-18,28,31-38H,19-23H2,1-2H3/t28?,31-,32+,33?,34?,35?,36?,37?/m1/s1. The van der Waals surface area contributed by atoms with E-state index in [0.717, 1.165) is 38.5 Å². The highest BCUT2D eigenvalue weighted by Gasteiger charge is 2.62. The third-order valence-corrected chi connectivity index (χ3v) is 10.5. The highest BCUT2D eigenvalue weighted by molar-refractivity contribution is 5.85. The number of hydrazine groups is 1. The number of likely N-dealkylation sites (N-methyl/N-ethyl adjacent to an activating group) is 1. The van der Waals surface area contributed by atoms with Crippen molar-refractivity contribution in [3.63, 3.8) is 0 Å². The van der Waals surface area contributed by atoms with Gasteiger partial charge in [-0.3, -0.25) is 10.2 Å². The monoisotopic (exact) mass is 619 g/mol. The molecule has 5 fully saturated rings. The predicted molar refractivity (Wildman–Crippen MR) is 174 cm³/mol. The minimum atomic E-state index is -0.0339. The van der Waals surface area contributed by atoms with Crippen LogP contribution in [0.1, 0.15) is 22.7 Å². The molecule has 5 heterocycles. The largest absolute Gasteiger partial charge is 0.497 e. The maximum absolute atomic E-state index is 6.59. The second kappa shape index (κ2) is 11.7. The van der Waals surface area contributed by atoms with E-state index in [2.05, 4.69) is 117 Å². The molecule has 0 radical (unpaired) electrons. The summed E-state index contributed by atoms with van der Waals surface area (Å²) in [5.74, 6) is 1.29. The first kappa shape index (κ1) is 28.8. The van der Waals surface area contributed by atoms with E-state index in [4.69, 9.17) is 18.9 Å². The van der Waals surface area contributed by atoms with Crippen LogP contribution in [0.4, 0.5) is 0 Å². The Morgan fingerprint density at radius 3 is 2.48 bits per heavy atom. The smallest absolute Gasteiger partial charge is 0.165 e. The molecule has 46 heavy (non-hydrogen) atoms. The van der Waals surface area contributed by atoms with Gasteiger partial charge in [0.05, 0.1) is 25.9 Å². The molecular formula is C37H41N5O4. The fourth-order valence-corrected chi connectivity index (χ4v) is 7.93. The number of epoxide rings is 2. The lowest BCUT2D eigenvalue weighted by Crippen LogP contribution is -2.73. The normalized spacial score (nSPS) is 32.2. The number of nitrogens with zero attached hydrogens (tertiary/aromatic N) is 4. The molecule has 9 heteroatoms. The second-order valence-corrected chi connectivity index (χ2v) is 13.2. The van der Waals surface area contributed by atoms with Crippen molar-refractivity contribution in [2.75, 3.05) is 33.9 Å². The topological polar surface area (TPSA) is 68.5 Å². The van der Waals surface area contributed by atoms with E-state index in [9.17, 15) is 0 Å². The van der Waals surface area contributed by atoms with Crippen LogP contribution in [0, 0.1) is 5.92 Å². The van der Waals surface area contributed by atoms with Gasteiger partial charge in [0.1, 0.15) is 24.3 Å². The van der Waals surface area contributed by atoms with Gasteiger partial charge >= 0.3 is 0 Å². The maximum Gasteiger partial charge on any atom is 0.165 e.